The molecular formula is C28H29N7O2. The van der Waals surface area contributed by atoms with Crippen molar-refractivity contribution in [2.75, 3.05) is 0 Å². The van der Waals surface area contributed by atoms with E-state index in [9.17, 15) is 9.59 Å². The van der Waals surface area contributed by atoms with Crippen molar-refractivity contribution >= 4 is 11.8 Å². The van der Waals surface area contributed by atoms with Crippen molar-refractivity contribution in [2.24, 2.45) is 0 Å². The summed E-state index contributed by atoms with van der Waals surface area (Å²) in [7, 11) is 0. The fourth-order valence-electron chi connectivity index (χ4n) is 5.74. The van der Waals surface area contributed by atoms with E-state index in [1.54, 1.807) is 0 Å². The number of carbonyl (C=O) groups excluding carboxylic acids is 2. The van der Waals surface area contributed by atoms with Crippen LogP contribution in [0.2, 0.25) is 0 Å². The van der Waals surface area contributed by atoms with Gasteiger partial charge in [-0.05, 0) is 41.2 Å². The Bertz CT molecular complexity index is 1410. The van der Waals surface area contributed by atoms with Crippen molar-refractivity contribution in [3.63, 3.8) is 0 Å². The summed E-state index contributed by atoms with van der Waals surface area (Å²) >= 11 is 0. The van der Waals surface area contributed by atoms with E-state index in [4.69, 9.17) is 4.98 Å². The zero-order valence-electron chi connectivity index (χ0n) is 20.8. The number of imide groups is 1. The zero-order valence-corrected chi connectivity index (χ0v) is 20.8. The Hall–Kier alpha value is -4.14. The van der Waals surface area contributed by atoms with Crippen molar-refractivity contribution in [2.45, 2.75) is 64.0 Å². The van der Waals surface area contributed by atoms with Crippen LogP contribution in [0.4, 0.5) is 0 Å². The lowest BCUT2D eigenvalue weighted by molar-refractivity contribution is -0.142. The van der Waals surface area contributed by atoms with Crippen molar-refractivity contribution in [3.05, 3.63) is 71.8 Å². The van der Waals surface area contributed by atoms with E-state index >= 15 is 0 Å². The average molecular weight is 496 g/mol. The normalized spacial score (nSPS) is 19.4. The second kappa shape index (κ2) is 9.72. The number of fused-ring (bicyclic) bond motifs is 1. The second-order valence-electron chi connectivity index (χ2n) is 9.74. The highest BCUT2D eigenvalue weighted by Gasteiger charge is 2.41. The van der Waals surface area contributed by atoms with Gasteiger partial charge in [-0.3, -0.25) is 14.5 Å². The lowest BCUT2D eigenvalue weighted by Gasteiger charge is -2.36. The maximum absolute atomic E-state index is 12.6. The number of H-pyrrole nitrogens is 1. The summed E-state index contributed by atoms with van der Waals surface area (Å²) in [6.07, 6.45) is 7.07. The minimum atomic E-state index is -0.234. The van der Waals surface area contributed by atoms with Crippen LogP contribution in [0.25, 0.3) is 22.5 Å². The summed E-state index contributed by atoms with van der Waals surface area (Å²) in [5.74, 6) is 1.45. The van der Waals surface area contributed by atoms with Crippen LogP contribution in [0.5, 0.6) is 0 Å². The SMILES string of the molecule is CCCCc1ncc2n1[C@@H](c1ccc(-c3ccccc3-c3nn[nH]n3)cc1)CC[C@H]2N1C(=O)CCC1=O. The Morgan fingerprint density at radius 2 is 1.68 bits per heavy atom. The maximum atomic E-state index is 12.6. The third-order valence-electron chi connectivity index (χ3n) is 7.54. The highest BCUT2D eigenvalue weighted by molar-refractivity contribution is 6.02. The lowest BCUT2D eigenvalue weighted by Crippen LogP contribution is -2.38. The third kappa shape index (κ3) is 4.14. The number of rotatable bonds is 7. The topological polar surface area (TPSA) is 110 Å². The molecule has 4 heterocycles. The van der Waals surface area contributed by atoms with E-state index in [2.05, 4.69) is 62.4 Å². The molecule has 6 rings (SSSR count). The molecule has 2 aromatic carbocycles. The molecule has 1 N–H and O–H groups in total. The number of aromatic nitrogens is 6. The number of hydrogen-bond donors (Lipinski definition) is 1. The van der Waals surface area contributed by atoms with E-state index < -0.39 is 0 Å². The van der Waals surface area contributed by atoms with E-state index in [1.807, 2.05) is 24.4 Å². The minimum absolute atomic E-state index is 0.0686. The van der Waals surface area contributed by atoms with Gasteiger partial charge in [0.05, 0.1) is 24.0 Å². The molecule has 188 valence electrons. The maximum Gasteiger partial charge on any atom is 0.230 e. The van der Waals surface area contributed by atoms with Crippen molar-refractivity contribution in [3.8, 4) is 22.5 Å². The number of carbonyl (C=O) groups is 2. The Labute approximate surface area is 214 Å². The number of amides is 2. The molecule has 37 heavy (non-hydrogen) atoms. The number of imidazole rings is 1. The first-order valence-electron chi connectivity index (χ1n) is 13.0. The van der Waals surface area contributed by atoms with Crippen LogP contribution in [-0.4, -0.2) is 46.9 Å². The van der Waals surface area contributed by atoms with Gasteiger partial charge in [-0.2, -0.15) is 5.21 Å². The van der Waals surface area contributed by atoms with Crippen LogP contribution in [-0.2, 0) is 16.0 Å². The molecule has 2 aromatic heterocycles. The first kappa shape index (κ1) is 23.3. The van der Waals surface area contributed by atoms with Gasteiger partial charge in [-0.15, -0.1) is 10.2 Å². The zero-order chi connectivity index (χ0) is 25.4. The van der Waals surface area contributed by atoms with Crippen molar-refractivity contribution in [1.82, 2.24) is 35.1 Å². The Balaban J connectivity index is 1.35. The molecule has 2 atom stereocenters. The summed E-state index contributed by atoms with van der Waals surface area (Å²) in [5.41, 5.74) is 5.19. The predicted octanol–water partition coefficient (Wildman–Crippen LogP) is 4.65. The van der Waals surface area contributed by atoms with Gasteiger partial charge in [0.1, 0.15) is 5.82 Å². The summed E-state index contributed by atoms with van der Waals surface area (Å²) in [5, 5.41) is 14.6. The fourth-order valence-corrected chi connectivity index (χ4v) is 5.74. The first-order valence-corrected chi connectivity index (χ1v) is 13.0. The number of aryl methyl sites for hydroxylation is 1. The van der Waals surface area contributed by atoms with Gasteiger partial charge < -0.3 is 4.57 Å². The number of hydrogen-bond acceptors (Lipinski definition) is 6. The summed E-state index contributed by atoms with van der Waals surface area (Å²) in [6.45, 7) is 2.17. The van der Waals surface area contributed by atoms with Gasteiger partial charge in [0.15, 0.2) is 0 Å². The first-order chi connectivity index (χ1) is 18.2. The molecule has 0 spiro atoms. The summed E-state index contributed by atoms with van der Waals surface area (Å²) in [6, 6.07) is 16.5. The summed E-state index contributed by atoms with van der Waals surface area (Å²) in [4.78, 5) is 31.4. The molecule has 2 aliphatic heterocycles. The highest BCUT2D eigenvalue weighted by atomic mass is 16.2. The van der Waals surface area contributed by atoms with Gasteiger partial charge in [-0.1, -0.05) is 61.9 Å². The highest BCUT2D eigenvalue weighted by Crippen LogP contribution is 2.42. The molecule has 1 fully saturated rings. The lowest BCUT2D eigenvalue weighted by atomic mass is 9.90. The van der Waals surface area contributed by atoms with Gasteiger partial charge in [0, 0.05) is 24.8 Å². The number of nitrogens with one attached hydrogen (secondary N) is 1. The second-order valence-corrected chi connectivity index (χ2v) is 9.74. The molecule has 2 amide bonds. The Morgan fingerprint density at radius 1 is 0.946 bits per heavy atom. The molecule has 4 aromatic rings. The molecule has 1 saturated heterocycles. The van der Waals surface area contributed by atoms with Gasteiger partial charge >= 0.3 is 0 Å². The number of aromatic amines is 1. The van der Waals surface area contributed by atoms with Crippen LogP contribution in [0.15, 0.2) is 54.7 Å². The van der Waals surface area contributed by atoms with Gasteiger partial charge in [0.25, 0.3) is 0 Å². The van der Waals surface area contributed by atoms with Crippen LogP contribution < -0.4 is 0 Å². The third-order valence-corrected chi connectivity index (χ3v) is 7.54. The Kier molecular flexibility index (Phi) is 6.12. The van der Waals surface area contributed by atoms with Crippen LogP contribution >= 0.6 is 0 Å². The number of likely N-dealkylation sites (tertiary alicyclic amines) is 1. The molecule has 2 aliphatic rings. The number of unbranched alkanes of at least 4 members (excludes halogenated alkanes) is 1. The van der Waals surface area contributed by atoms with Crippen LogP contribution in [0, 0.1) is 0 Å². The van der Waals surface area contributed by atoms with Crippen LogP contribution in [0.1, 0.15) is 74.6 Å². The quantitative estimate of drug-likeness (QED) is 0.374. The Morgan fingerprint density at radius 3 is 2.38 bits per heavy atom. The molecule has 0 bridgehead atoms. The van der Waals surface area contributed by atoms with Crippen LogP contribution in [0.3, 0.4) is 0 Å². The molecule has 0 aliphatic carbocycles. The van der Waals surface area contributed by atoms with Crippen molar-refractivity contribution in [1.29, 1.82) is 0 Å². The molecule has 0 unspecified atom stereocenters. The van der Waals surface area contributed by atoms with E-state index in [0.29, 0.717) is 18.7 Å². The van der Waals surface area contributed by atoms with E-state index in [-0.39, 0.29) is 23.9 Å². The monoisotopic (exact) mass is 495 g/mol. The molecule has 0 radical (unpaired) electrons. The van der Waals surface area contributed by atoms with Crippen molar-refractivity contribution < 1.29 is 9.59 Å². The predicted molar refractivity (Wildman–Crippen MR) is 137 cm³/mol. The van der Waals surface area contributed by atoms with E-state index in [1.165, 1.54) is 10.5 Å². The minimum Gasteiger partial charge on any atom is -0.323 e. The molecule has 0 saturated carbocycles. The number of tetrazole rings is 1. The standard InChI is InChI=1S/C28H29N7O2/c1-2-3-8-25-29-17-24-23(35-26(36)15-16-27(35)37)14-13-22(34(24)25)19-11-9-18(10-12-19)20-6-4-5-7-21(20)28-30-32-33-31-28/h4-7,9-12,17,22-23H,2-3,8,13-16H2,1H3,(H,30,31,32,33)/t22-,23-/m1/s1. The summed E-state index contributed by atoms with van der Waals surface area (Å²) < 4.78 is 2.30. The molecular weight excluding hydrogens is 466 g/mol. The number of benzene rings is 2. The number of nitrogens with zero attached hydrogens (tertiary/aromatic N) is 6. The largest absolute Gasteiger partial charge is 0.323 e. The molecule has 9 heteroatoms. The average Bonchev–Trinajstić information content (AvgIpc) is 3.68. The van der Waals surface area contributed by atoms with E-state index in [0.717, 1.165) is 60.3 Å². The van der Waals surface area contributed by atoms with Gasteiger partial charge in [-0.25, -0.2) is 4.98 Å². The smallest absolute Gasteiger partial charge is 0.230 e. The fraction of sp³-hybridized carbons (Fsp3) is 0.357. The van der Waals surface area contributed by atoms with Gasteiger partial charge in [0.2, 0.25) is 17.6 Å². The molecule has 9 nitrogen and oxygen atoms in total.